The number of halogens is 1. The van der Waals surface area contributed by atoms with Crippen LogP contribution in [0, 0.1) is 5.82 Å². The molecule has 1 amide bonds. The molecule has 2 aromatic rings. The van der Waals surface area contributed by atoms with Crippen molar-refractivity contribution in [3.63, 3.8) is 0 Å². The molecule has 6 heteroatoms. The maximum Gasteiger partial charge on any atom is 0.257 e. The van der Waals surface area contributed by atoms with E-state index in [1.165, 1.54) is 29.2 Å². The minimum absolute atomic E-state index is 0.0672. The number of nitrogens with one attached hydrogen (secondary N) is 1. The summed E-state index contributed by atoms with van der Waals surface area (Å²) in [6, 6.07) is 11.0. The molecular weight excluding hydrogens is 347 g/mol. The molecule has 5 nitrogen and oxygen atoms in total. The SMILES string of the molecule is COc1cccc2c1NC1C(C=O)=CN(C(=O)c3ccc(F)cc3)CCC21. The number of carbonyl (C=O) groups excluding carboxylic acids is 2. The zero-order chi connectivity index (χ0) is 19.0. The van der Waals surface area contributed by atoms with E-state index >= 15 is 0 Å². The molecule has 0 saturated heterocycles. The maximum atomic E-state index is 13.1. The number of carbonyl (C=O) groups is 2. The van der Waals surface area contributed by atoms with Crippen LogP contribution in [-0.4, -0.2) is 36.8 Å². The molecule has 0 radical (unpaired) electrons. The molecule has 27 heavy (non-hydrogen) atoms. The van der Waals surface area contributed by atoms with Gasteiger partial charge in [0, 0.05) is 29.8 Å². The van der Waals surface area contributed by atoms with Crippen molar-refractivity contribution in [3.8, 4) is 5.75 Å². The van der Waals surface area contributed by atoms with Gasteiger partial charge in [0.05, 0.1) is 18.8 Å². The van der Waals surface area contributed by atoms with E-state index in [2.05, 4.69) is 5.32 Å². The highest BCUT2D eigenvalue weighted by Crippen LogP contribution is 2.46. The number of nitrogens with zero attached hydrogens (tertiary/aromatic N) is 1. The molecule has 0 aromatic heterocycles. The predicted octanol–water partition coefficient (Wildman–Crippen LogP) is 3.34. The van der Waals surface area contributed by atoms with Crippen molar-refractivity contribution >= 4 is 17.9 Å². The van der Waals surface area contributed by atoms with Crippen LogP contribution in [0.1, 0.15) is 28.3 Å². The number of hydrogen-bond acceptors (Lipinski definition) is 4. The first-order chi connectivity index (χ1) is 13.1. The number of rotatable bonds is 3. The van der Waals surface area contributed by atoms with Gasteiger partial charge in [0.25, 0.3) is 5.91 Å². The third kappa shape index (κ3) is 2.97. The minimum Gasteiger partial charge on any atom is -0.495 e. The van der Waals surface area contributed by atoms with E-state index < -0.39 is 5.82 Å². The molecule has 0 saturated carbocycles. The molecular formula is C21H19FN2O3. The van der Waals surface area contributed by atoms with Crippen molar-refractivity contribution in [1.29, 1.82) is 0 Å². The van der Waals surface area contributed by atoms with Gasteiger partial charge in [0.1, 0.15) is 17.9 Å². The highest BCUT2D eigenvalue weighted by Gasteiger charge is 2.38. The summed E-state index contributed by atoms with van der Waals surface area (Å²) >= 11 is 0. The second-order valence-corrected chi connectivity index (χ2v) is 6.69. The van der Waals surface area contributed by atoms with Crippen LogP contribution in [0.4, 0.5) is 10.1 Å². The van der Waals surface area contributed by atoms with Gasteiger partial charge in [-0.25, -0.2) is 4.39 Å². The van der Waals surface area contributed by atoms with Crippen LogP contribution < -0.4 is 10.1 Å². The van der Waals surface area contributed by atoms with Crippen molar-refractivity contribution in [3.05, 3.63) is 71.2 Å². The predicted molar refractivity (Wildman–Crippen MR) is 99.3 cm³/mol. The second-order valence-electron chi connectivity index (χ2n) is 6.69. The number of amides is 1. The zero-order valence-electron chi connectivity index (χ0n) is 14.8. The number of para-hydroxylation sites is 1. The zero-order valence-corrected chi connectivity index (χ0v) is 14.8. The van der Waals surface area contributed by atoms with E-state index in [0.29, 0.717) is 24.1 Å². The average molecular weight is 366 g/mol. The quantitative estimate of drug-likeness (QED) is 0.847. The molecule has 138 valence electrons. The normalized spacial score (nSPS) is 20.7. The first-order valence-electron chi connectivity index (χ1n) is 8.79. The van der Waals surface area contributed by atoms with E-state index in [0.717, 1.165) is 23.3 Å². The van der Waals surface area contributed by atoms with Gasteiger partial charge in [-0.1, -0.05) is 12.1 Å². The molecule has 2 atom stereocenters. The van der Waals surface area contributed by atoms with Crippen LogP contribution in [0.3, 0.4) is 0 Å². The van der Waals surface area contributed by atoms with Gasteiger partial charge < -0.3 is 15.0 Å². The van der Waals surface area contributed by atoms with Crippen LogP contribution >= 0.6 is 0 Å². The standard InChI is InChI=1S/C21H19FN2O3/c1-27-18-4-2-3-16-17-9-10-24(11-14(12-25)19(17)23-20(16)18)21(26)13-5-7-15(22)8-6-13/h2-8,11-12,17,19,23H,9-10H2,1H3. The van der Waals surface area contributed by atoms with E-state index in [1.54, 1.807) is 13.3 Å². The van der Waals surface area contributed by atoms with Gasteiger partial charge in [0.15, 0.2) is 0 Å². The van der Waals surface area contributed by atoms with Crippen LogP contribution in [-0.2, 0) is 4.79 Å². The smallest absolute Gasteiger partial charge is 0.257 e. The van der Waals surface area contributed by atoms with Crippen molar-refractivity contribution in [2.75, 3.05) is 19.0 Å². The molecule has 1 N–H and O–H groups in total. The number of ether oxygens (including phenoxy) is 1. The summed E-state index contributed by atoms with van der Waals surface area (Å²) in [6.07, 6.45) is 3.09. The summed E-state index contributed by atoms with van der Waals surface area (Å²) in [7, 11) is 1.62. The summed E-state index contributed by atoms with van der Waals surface area (Å²) in [4.78, 5) is 26.1. The number of benzene rings is 2. The summed E-state index contributed by atoms with van der Waals surface area (Å²) < 4.78 is 18.6. The lowest BCUT2D eigenvalue weighted by Gasteiger charge is -2.18. The van der Waals surface area contributed by atoms with Crippen molar-refractivity contribution in [2.45, 2.75) is 18.4 Å². The monoisotopic (exact) mass is 366 g/mol. The largest absolute Gasteiger partial charge is 0.495 e. The average Bonchev–Trinajstić information content (AvgIpc) is 2.96. The lowest BCUT2D eigenvalue weighted by atomic mass is 9.89. The first kappa shape index (κ1) is 17.3. The number of anilines is 1. The lowest BCUT2D eigenvalue weighted by Crippen LogP contribution is -2.27. The topological polar surface area (TPSA) is 58.6 Å². The van der Waals surface area contributed by atoms with Crippen molar-refractivity contribution in [1.82, 2.24) is 4.90 Å². The Morgan fingerprint density at radius 3 is 2.74 bits per heavy atom. The van der Waals surface area contributed by atoms with Crippen molar-refractivity contribution in [2.24, 2.45) is 0 Å². The fourth-order valence-corrected chi connectivity index (χ4v) is 3.88. The molecule has 0 spiro atoms. The van der Waals surface area contributed by atoms with Gasteiger partial charge in [-0.3, -0.25) is 9.59 Å². The molecule has 2 aromatic carbocycles. The van der Waals surface area contributed by atoms with Gasteiger partial charge >= 0.3 is 0 Å². The minimum atomic E-state index is -0.393. The van der Waals surface area contributed by atoms with Crippen LogP contribution in [0.15, 0.2) is 54.2 Å². The molecule has 0 aliphatic carbocycles. The van der Waals surface area contributed by atoms with Crippen LogP contribution in [0.2, 0.25) is 0 Å². The highest BCUT2D eigenvalue weighted by molar-refractivity contribution is 5.95. The van der Waals surface area contributed by atoms with E-state index in [4.69, 9.17) is 4.74 Å². The fourth-order valence-electron chi connectivity index (χ4n) is 3.88. The van der Waals surface area contributed by atoms with Gasteiger partial charge in [-0.15, -0.1) is 0 Å². The Hall–Kier alpha value is -3.15. The van der Waals surface area contributed by atoms with Gasteiger partial charge in [-0.2, -0.15) is 0 Å². The van der Waals surface area contributed by atoms with Crippen molar-refractivity contribution < 1.29 is 18.7 Å². The molecule has 2 aliphatic rings. The summed E-state index contributed by atoms with van der Waals surface area (Å²) in [5.74, 6) is 0.165. The third-order valence-electron chi connectivity index (χ3n) is 5.21. The fraction of sp³-hybridized carbons (Fsp3) is 0.238. The molecule has 4 rings (SSSR count). The van der Waals surface area contributed by atoms with Gasteiger partial charge in [-0.05, 0) is 42.3 Å². The molecule has 2 unspecified atom stereocenters. The second kappa shape index (κ2) is 6.87. The Bertz CT molecular complexity index is 924. The van der Waals surface area contributed by atoms with E-state index in [1.807, 2.05) is 18.2 Å². The summed E-state index contributed by atoms with van der Waals surface area (Å²) in [5, 5.41) is 3.39. The van der Waals surface area contributed by atoms with Crippen LogP contribution in [0.5, 0.6) is 5.75 Å². The maximum absolute atomic E-state index is 13.1. The number of hydrogen-bond donors (Lipinski definition) is 1. The summed E-state index contributed by atoms with van der Waals surface area (Å²) in [6.45, 7) is 0.465. The van der Waals surface area contributed by atoms with E-state index in [-0.39, 0.29) is 17.9 Å². The highest BCUT2D eigenvalue weighted by atomic mass is 19.1. The number of methoxy groups -OCH3 is 1. The Labute approximate surface area is 156 Å². The lowest BCUT2D eigenvalue weighted by molar-refractivity contribution is -0.105. The molecule has 2 heterocycles. The third-order valence-corrected chi connectivity index (χ3v) is 5.21. The molecule has 2 aliphatic heterocycles. The Morgan fingerprint density at radius 2 is 2.04 bits per heavy atom. The Balaban J connectivity index is 1.66. The number of fused-ring (bicyclic) bond motifs is 3. The molecule has 0 fully saturated rings. The number of aldehydes is 1. The Kier molecular flexibility index (Phi) is 4.39. The van der Waals surface area contributed by atoms with Crippen LogP contribution in [0.25, 0.3) is 0 Å². The van der Waals surface area contributed by atoms with Gasteiger partial charge in [0.2, 0.25) is 0 Å². The summed E-state index contributed by atoms with van der Waals surface area (Å²) in [5.41, 5.74) is 2.88. The molecule has 0 bridgehead atoms. The first-order valence-corrected chi connectivity index (χ1v) is 8.79. The van der Waals surface area contributed by atoms with E-state index in [9.17, 15) is 14.0 Å². The Morgan fingerprint density at radius 1 is 1.26 bits per heavy atom.